The Hall–Kier alpha value is -1.55. The molecule has 0 aliphatic carbocycles. The summed E-state index contributed by atoms with van der Waals surface area (Å²) in [4.78, 5) is 24.1. The van der Waals surface area contributed by atoms with E-state index in [1.807, 2.05) is 6.92 Å². The van der Waals surface area contributed by atoms with Gasteiger partial charge in [0.25, 0.3) is 0 Å². The molecule has 1 aromatic carbocycles. The van der Waals surface area contributed by atoms with Crippen LogP contribution in [0.1, 0.15) is 12.0 Å². The molecule has 84 valence electrons. The van der Waals surface area contributed by atoms with Gasteiger partial charge >= 0.3 is 0 Å². The summed E-state index contributed by atoms with van der Waals surface area (Å²) in [7, 11) is 0. The van der Waals surface area contributed by atoms with Crippen LogP contribution >= 0.6 is 11.6 Å². The number of nitrogens with zero attached hydrogens (tertiary/aromatic N) is 1. The number of halogens is 1. The van der Waals surface area contributed by atoms with Crippen LogP contribution in [0, 0.1) is 6.92 Å². The summed E-state index contributed by atoms with van der Waals surface area (Å²) in [5, 5.41) is 0.555. The lowest BCUT2D eigenvalue weighted by Gasteiger charge is -2.18. The van der Waals surface area contributed by atoms with E-state index < -0.39 is 0 Å². The second-order valence-corrected chi connectivity index (χ2v) is 4.26. The molecule has 16 heavy (non-hydrogen) atoms. The van der Waals surface area contributed by atoms with E-state index in [4.69, 9.17) is 17.3 Å². The van der Waals surface area contributed by atoms with E-state index >= 15 is 0 Å². The summed E-state index contributed by atoms with van der Waals surface area (Å²) in [6, 6.07) is 3.33. The van der Waals surface area contributed by atoms with E-state index in [-0.39, 0.29) is 24.7 Å². The number of hydrogen-bond donors (Lipinski definition) is 1. The minimum absolute atomic E-state index is 0.0406. The third-order valence-corrected chi connectivity index (χ3v) is 2.99. The van der Waals surface area contributed by atoms with Crippen LogP contribution in [-0.2, 0) is 9.59 Å². The van der Waals surface area contributed by atoms with E-state index in [2.05, 4.69) is 0 Å². The van der Waals surface area contributed by atoms with Crippen molar-refractivity contribution in [2.24, 2.45) is 0 Å². The Labute approximate surface area is 98.0 Å². The zero-order valence-electron chi connectivity index (χ0n) is 8.79. The van der Waals surface area contributed by atoms with Crippen molar-refractivity contribution in [3.63, 3.8) is 0 Å². The number of rotatable bonds is 1. The van der Waals surface area contributed by atoms with E-state index in [9.17, 15) is 9.59 Å². The number of benzene rings is 1. The van der Waals surface area contributed by atoms with Gasteiger partial charge < -0.3 is 10.6 Å². The van der Waals surface area contributed by atoms with Gasteiger partial charge in [-0.05, 0) is 24.6 Å². The van der Waals surface area contributed by atoms with Crippen LogP contribution in [0.25, 0.3) is 0 Å². The average Bonchev–Trinajstić information content (AvgIpc) is 2.51. The van der Waals surface area contributed by atoms with Crippen LogP contribution in [0.3, 0.4) is 0 Å². The molecular weight excluding hydrogens is 228 g/mol. The fraction of sp³-hybridized carbons (Fsp3) is 0.273. The molecule has 2 rings (SSSR count). The van der Waals surface area contributed by atoms with Gasteiger partial charge in [0, 0.05) is 5.02 Å². The van der Waals surface area contributed by atoms with Crippen molar-refractivity contribution in [2.45, 2.75) is 13.3 Å². The van der Waals surface area contributed by atoms with Gasteiger partial charge in [-0.3, -0.25) is 9.59 Å². The number of aryl methyl sites for hydroxylation is 1. The topological polar surface area (TPSA) is 63.4 Å². The van der Waals surface area contributed by atoms with Crippen molar-refractivity contribution in [1.82, 2.24) is 0 Å². The number of anilines is 2. The number of hydrogen-bond acceptors (Lipinski definition) is 3. The van der Waals surface area contributed by atoms with Crippen LogP contribution in [0.5, 0.6) is 0 Å². The predicted molar refractivity (Wildman–Crippen MR) is 62.6 cm³/mol. The monoisotopic (exact) mass is 238 g/mol. The van der Waals surface area contributed by atoms with E-state index in [0.29, 0.717) is 16.4 Å². The first-order valence-corrected chi connectivity index (χ1v) is 5.24. The van der Waals surface area contributed by atoms with Gasteiger partial charge in [0.15, 0.2) is 5.78 Å². The summed E-state index contributed by atoms with van der Waals surface area (Å²) in [5.41, 5.74) is 7.60. The molecule has 1 aromatic rings. The summed E-state index contributed by atoms with van der Waals surface area (Å²) in [6.45, 7) is 1.93. The third kappa shape index (κ3) is 1.76. The van der Waals surface area contributed by atoms with E-state index in [1.165, 1.54) is 4.90 Å². The van der Waals surface area contributed by atoms with Crippen LogP contribution < -0.4 is 10.6 Å². The third-order valence-electron chi connectivity index (χ3n) is 2.58. The maximum absolute atomic E-state index is 11.6. The zero-order valence-corrected chi connectivity index (χ0v) is 9.54. The lowest BCUT2D eigenvalue weighted by atomic mass is 10.2. The van der Waals surface area contributed by atoms with Gasteiger partial charge in [-0.2, -0.15) is 0 Å². The molecule has 1 saturated heterocycles. The van der Waals surface area contributed by atoms with Crippen LogP contribution in [0.15, 0.2) is 12.1 Å². The van der Waals surface area contributed by atoms with Crippen LogP contribution in [-0.4, -0.2) is 18.2 Å². The van der Waals surface area contributed by atoms with Crippen LogP contribution in [0.2, 0.25) is 5.02 Å². The molecule has 1 amide bonds. The van der Waals surface area contributed by atoms with Crippen LogP contribution in [0.4, 0.5) is 11.4 Å². The molecule has 1 heterocycles. The number of nitrogen functional groups attached to an aromatic ring is 1. The quantitative estimate of drug-likeness (QED) is 0.596. The summed E-state index contributed by atoms with van der Waals surface area (Å²) >= 11 is 5.91. The summed E-state index contributed by atoms with van der Waals surface area (Å²) in [6.07, 6.45) is -0.0406. The zero-order chi connectivity index (χ0) is 11.9. The second kappa shape index (κ2) is 3.79. The molecule has 0 spiro atoms. The molecule has 1 fully saturated rings. The fourth-order valence-electron chi connectivity index (χ4n) is 1.72. The minimum atomic E-state index is -0.210. The Kier molecular flexibility index (Phi) is 2.59. The number of amides is 1. The molecule has 0 unspecified atom stereocenters. The van der Waals surface area contributed by atoms with Crippen molar-refractivity contribution < 1.29 is 9.59 Å². The highest BCUT2D eigenvalue weighted by Crippen LogP contribution is 2.31. The maximum Gasteiger partial charge on any atom is 0.234 e. The Morgan fingerprint density at radius 2 is 2.06 bits per heavy atom. The van der Waals surface area contributed by atoms with Crippen molar-refractivity contribution in [3.8, 4) is 0 Å². The van der Waals surface area contributed by atoms with Gasteiger partial charge in [0.2, 0.25) is 5.91 Å². The SMILES string of the molecule is Cc1cc(N2CC(=O)CC2=O)c(N)cc1Cl. The number of Topliss-reactive ketones (excluding diaryl/α,β-unsaturated/α-hetero) is 1. The summed E-state index contributed by atoms with van der Waals surface area (Å²) in [5.74, 6) is -0.296. The second-order valence-electron chi connectivity index (χ2n) is 3.86. The Bertz CT molecular complexity index is 485. The predicted octanol–water partition coefficient (Wildman–Crippen LogP) is 1.54. The fourth-order valence-corrected chi connectivity index (χ4v) is 1.89. The van der Waals surface area contributed by atoms with E-state index in [0.717, 1.165) is 5.56 Å². The molecule has 0 bridgehead atoms. The first kappa shape index (κ1) is 11.0. The van der Waals surface area contributed by atoms with Crippen molar-refractivity contribution in [3.05, 3.63) is 22.7 Å². The smallest absolute Gasteiger partial charge is 0.234 e. The largest absolute Gasteiger partial charge is 0.397 e. The summed E-state index contributed by atoms with van der Waals surface area (Å²) < 4.78 is 0. The Morgan fingerprint density at radius 3 is 2.62 bits per heavy atom. The maximum atomic E-state index is 11.6. The lowest BCUT2D eigenvalue weighted by molar-refractivity contribution is -0.121. The molecule has 0 radical (unpaired) electrons. The van der Waals surface area contributed by atoms with Crippen molar-refractivity contribution in [1.29, 1.82) is 0 Å². The van der Waals surface area contributed by atoms with Crippen molar-refractivity contribution >= 4 is 34.7 Å². The first-order valence-electron chi connectivity index (χ1n) is 4.86. The van der Waals surface area contributed by atoms with E-state index in [1.54, 1.807) is 12.1 Å². The van der Waals surface area contributed by atoms with Crippen molar-refractivity contribution in [2.75, 3.05) is 17.2 Å². The molecule has 4 nitrogen and oxygen atoms in total. The molecule has 5 heteroatoms. The minimum Gasteiger partial charge on any atom is -0.397 e. The normalized spacial score (nSPS) is 16.0. The Balaban J connectivity index is 2.45. The highest BCUT2D eigenvalue weighted by molar-refractivity contribution is 6.32. The van der Waals surface area contributed by atoms with Gasteiger partial charge in [-0.25, -0.2) is 0 Å². The molecule has 0 atom stereocenters. The highest BCUT2D eigenvalue weighted by Gasteiger charge is 2.29. The van der Waals surface area contributed by atoms with Gasteiger partial charge in [-0.1, -0.05) is 11.6 Å². The molecule has 1 aliphatic rings. The highest BCUT2D eigenvalue weighted by atomic mass is 35.5. The number of carbonyl (C=O) groups excluding carboxylic acids is 2. The first-order chi connectivity index (χ1) is 7.49. The van der Waals surface area contributed by atoms with Gasteiger partial charge in [0.05, 0.1) is 24.3 Å². The lowest BCUT2D eigenvalue weighted by Crippen LogP contribution is -2.25. The number of ketones is 1. The standard InChI is InChI=1S/C11H11ClN2O2/c1-6-2-10(9(13)4-8(6)12)14-5-7(15)3-11(14)16/h2,4H,3,5,13H2,1H3. The molecule has 0 aromatic heterocycles. The number of carbonyl (C=O) groups is 2. The Morgan fingerprint density at radius 1 is 1.38 bits per heavy atom. The number of nitrogens with two attached hydrogens (primary N) is 1. The molecule has 2 N–H and O–H groups in total. The van der Waals surface area contributed by atoms with Gasteiger partial charge in [-0.15, -0.1) is 0 Å². The van der Waals surface area contributed by atoms with Gasteiger partial charge in [0.1, 0.15) is 0 Å². The molecule has 1 aliphatic heterocycles. The molecule has 0 saturated carbocycles. The molecular formula is C11H11ClN2O2. The average molecular weight is 239 g/mol.